The SMILES string of the molecule is CC1Oc2ccc(Nc3ccc(S(=O)(=O)N4CCCC4)cn3)cc2NC1=O. The van der Waals surface area contributed by atoms with Gasteiger partial charge in [-0.2, -0.15) is 4.31 Å². The average Bonchev–Trinajstić information content (AvgIpc) is 3.19. The van der Waals surface area contributed by atoms with Gasteiger partial charge in [0.2, 0.25) is 10.0 Å². The van der Waals surface area contributed by atoms with Crippen molar-refractivity contribution in [2.45, 2.75) is 30.8 Å². The monoisotopic (exact) mass is 388 g/mol. The third-order valence-electron chi connectivity index (χ3n) is 4.62. The second-order valence-electron chi connectivity index (χ2n) is 6.58. The smallest absolute Gasteiger partial charge is 0.265 e. The molecule has 27 heavy (non-hydrogen) atoms. The summed E-state index contributed by atoms with van der Waals surface area (Å²) >= 11 is 0. The highest BCUT2D eigenvalue weighted by atomic mass is 32.2. The molecule has 2 aromatic rings. The fraction of sp³-hybridized carbons (Fsp3) is 0.333. The third-order valence-corrected chi connectivity index (χ3v) is 6.50. The molecule has 0 radical (unpaired) electrons. The number of ether oxygens (including phenoxy) is 1. The van der Waals surface area contributed by atoms with Gasteiger partial charge in [-0.3, -0.25) is 4.79 Å². The van der Waals surface area contributed by atoms with Crippen LogP contribution in [-0.2, 0) is 14.8 Å². The zero-order valence-electron chi connectivity index (χ0n) is 14.8. The summed E-state index contributed by atoms with van der Waals surface area (Å²) in [7, 11) is -3.47. The largest absolute Gasteiger partial charge is 0.479 e. The van der Waals surface area contributed by atoms with Crippen molar-refractivity contribution >= 4 is 33.1 Å². The molecule has 1 amide bonds. The van der Waals surface area contributed by atoms with E-state index in [1.165, 1.54) is 10.5 Å². The molecule has 1 aromatic carbocycles. The molecule has 0 saturated carbocycles. The molecule has 1 fully saturated rings. The van der Waals surface area contributed by atoms with Gasteiger partial charge in [-0.05, 0) is 50.1 Å². The Morgan fingerprint density at radius 1 is 1.22 bits per heavy atom. The molecule has 0 bridgehead atoms. The zero-order chi connectivity index (χ0) is 19.0. The van der Waals surface area contributed by atoms with Gasteiger partial charge in [-0.1, -0.05) is 0 Å². The van der Waals surface area contributed by atoms with Crippen LogP contribution in [0.3, 0.4) is 0 Å². The number of amides is 1. The lowest BCUT2D eigenvalue weighted by molar-refractivity contribution is -0.122. The summed E-state index contributed by atoms with van der Waals surface area (Å²) in [6.07, 6.45) is 2.62. The van der Waals surface area contributed by atoms with Crippen LogP contribution in [0.2, 0.25) is 0 Å². The first-order valence-electron chi connectivity index (χ1n) is 8.78. The van der Waals surface area contributed by atoms with E-state index in [-0.39, 0.29) is 10.8 Å². The maximum absolute atomic E-state index is 12.5. The maximum Gasteiger partial charge on any atom is 0.265 e. The van der Waals surface area contributed by atoms with E-state index >= 15 is 0 Å². The Balaban J connectivity index is 1.51. The fourth-order valence-electron chi connectivity index (χ4n) is 3.12. The summed E-state index contributed by atoms with van der Waals surface area (Å²) in [6.45, 7) is 2.81. The Labute approximate surface area is 157 Å². The molecule has 2 aliphatic heterocycles. The number of sulfonamides is 1. The van der Waals surface area contributed by atoms with Crippen molar-refractivity contribution in [3.8, 4) is 5.75 Å². The lowest BCUT2D eigenvalue weighted by atomic mass is 10.2. The summed E-state index contributed by atoms with van der Waals surface area (Å²) in [5, 5.41) is 5.89. The normalized spacial score (nSPS) is 19.9. The molecule has 0 spiro atoms. The molecule has 4 rings (SSSR count). The number of rotatable bonds is 4. The summed E-state index contributed by atoms with van der Waals surface area (Å²) in [5.74, 6) is 0.911. The highest BCUT2D eigenvalue weighted by Crippen LogP contribution is 2.33. The van der Waals surface area contributed by atoms with Gasteiger partial charge in [0, 0.05) is 25.0 Å². The van der Waals surface area contributed by atoms with Crippen LogP contribution in [0.5, 0.6) is 5.75 Å². The van der Waals surface area contributed by atoms with E-state index < -0.39 is 16.1 Å². The molecule has 2 aliphatic rings. The zero-order valence-corrected chi connectivity index (χ0v) is 15.6. The van der Waals surface area contributed by atoms with Crippen molar-refractivity contribution in [3.05, 3.63) is 36.5 Å². The Hall–Kier alpha value is -2.65. The van der Waals surface area contributed by atoms with E-state index in [9.17, 15) is 13.2 Å². The van der Waals surface area contributed by atoms with Crippen molar-refractivity contribution < 1.29 is 17.9 Å². The number of hydrogen-bond donors (Lipinski definition) is 2. The minimum absolute atomic E-state index is 0.190. The molecule has 9 heteroatoms. The van der Waals surface area contributed by atoms with Crippen LogP contribution in [0.1, 0.15) is 19.8 Å². The molecule has 1 unspecified atom stereocenters. The molecule has 2 N–H and O–H groups in total. The number of hydrogen-bond acceptors (Lipinski definition) is 6. The average molecular weight is 388 g/mol. The number of aromatic nitrogens is 1. The maximum atomic E-state index is 12.5. The van der Waals surface area contributed by atoms with Crippen LogP contribution in [0.4, 0.5) is 17.2 Å². The minimum atomic E-state index is -3.47. The van der Waals surface area contributed by atoms with Gasteiger partial charge >= 0.3 is 0 Å². The second-order valence-corrected chi connectivity index (χ2v) is 8.51. The number of pyridine rings is 1. The number of carbonyl (C=O) groups excluding carboxylic acids is 1. The first-order valence-corrected chi connectivity index (χ1v) is 10.2. The number of nitrogens with one attached hydrogen (secondary N) is 2. The Kier molecular flexibility index (Phi) is 4.48. The van der Waals surface area contributed by atoms with Gasteiger partial charge in [-0.25, -0.2) is 13.4 Å². The standard InChI is InChI=1S/C18H20N4O4S/c1-12-18(23)21-15-10-13(4-6-16(15)26-12)20-17-7-5-14(11-19-17)27(24,25)22-8-2-3-9-22/h4-7,10-12H,2-3,8-9H2,1H3,(H,19,20)(H,21,23). The summed E-state index contributed by atoms with van der Waals surface area (Å²) < 4.78 is 32.1. The van der Waals surface area contributed by atoms with E-state index in [0.717, 1.165) is 12.8 Å². The molecule has 0 aliphatic carbocycles. The number of benzene rings is 1. The van der Waals surface area contributed by atoms with E-state index in [4.69, 9.17) is 4.74 Å². The fourth-order valence-corrected chi connectivity index (χ4v) is 4.58. The quantitative estimate of drug-likeness (QED) is 0.834. The Morgan fingerprint density at radius 2 is 2.00 bits per heavy atom. The molecular weight excluding hydrogens is 368 g/mol. The molecule has 1 atom stereocenters. The summed E-state index contributed by atoms with van der Waals surface area (Å²) in [5.41, 5.74) is 1.28. The topological polar surface area (TPSA) is 101 Å². The highest BCUT2D eigenvalue weighted by Gasteiger charge is 2.27. The second kappa shape index (κ2) is 6.82. The van der Waals surface area contributed by atoms with Crippen LogP contribution in [0, 0.1) is 0 Å². The molecule has 8 nitrogen and oxygen atoms in total. The van der Waals surface area contributed by atoms with Crippen molar-refractivity contribution in [1.29, 1.82) is 0 Å². The van der Waals surface area contributed by atoms with E-state index in [1.54, 1.807) is 37.3 Å². The first kappa shape index (κ1) is 17.7. The van der Waals surface area contributed by atoms with Crippen LogP contribution >= 0.6 is 0 Å². The lowest BCUT2D eigenvalue weighted by Crippen LogP contribution is -2.34. The molecule has 3 heterocycles. The van der Waals surface area contributed by atoms with Crippen LogP contribution in [-0.4, -0.2) is 42.8 Å². The first-order chi connectivity index (χ1) is 12.9. The minimum Gasteiger partial charge on any atom is -0.479 e. The van der Waals surface area contributed by atoms with E-state index in [2.05, 4.69) is 15.6 Å². The number of fused-ring (bicyclic) bond motifs is 1. The molecule has 1 aromatic heterocycles. The summed E-state index contributed by atoms with van der Waals surface area (Å²) in [6, 6.07) is 8.49. The predicted octanol–water partition coefficient (Wildman–Crippen LogP) is 2.33. The van der Waals surface area contributed by atoms with Crippen LogP contribution in [0.15, 0.2) is 41.4 Å². The molecule has 1 saturated heterocycles. The van der Waals surface area contributed by atoms with Gasteiger partial charge < -0.3 is 15.4 Å². The van der Waals surface area contributed by atoms with Crippen molar-refractivity contribution in [1.82, 2.24) is 9.29 Å². The summed E-state index contributed by atoms with van der Waals surface area (Å²) in [4.78, 5) is 16.1. The van der Waals surface area contributed by atoms with Crippen LogP contribution < -0.4 is 15.4 Å². The number of anilines is 3. The highest BCUT2D eigenvalue weighted by molar-refractivity contribution is 7.89. The van der Waals surface area contributed by atoms with Gasteiger partial charge in [0.1, 0.15) is 16.5 Å². The van der Waals surface area contributed by atoms with Gasteiger partial charge in [0.15, 0.2) is 6.10 Å². The van der Waals surface area contributed by atoms with Gasteiger partial charge in [0.05, 0.1) is 5.69 Å². The van der Waals surface area contributed by atoms with Gasteiger partial charge in [-0.15, -0.1) is 0 Å². The van der Waals surface area contributed by atoms with Crippen LogP contribution in [0.25, 0.3) is 0 Å². The molecular formula is C18H20N4O4S. The lowest BCUT2D eigenvalue weighted by Gasteiger charge is -2.23. The van der Waals surface area contributed by atoms with Crippen molar-refractivity contribution in [2.24, 2.45) is 0 Å². The molecule has 142 valence electrons. The predicted molar refractivity (Wildman–Crippen MR) is 101 cm³/mol. The van der Waals surface area contributed by atoms with E-state index in [0.29, 0.717) is 36.0 Å². The van der Waals surface area contributed by atoms with Crippen molar-refractivity contribution in [2.75, 3.05) is 23.7 Å². The number of nitrogens with zero attached hydrogens (tertiary/aromatic N) is 2. The van der Waals surface area contributed by atoms with Crippen molar-refractivity contribution in [3.63, 3.8) is 0 Å². The van der Waals surface area contributed by atoms with Gasteiger partial charge in [0.25, 0.3) is 5.91 Å². The number of carbonyl (C=O) groups is 1. The third kappa shape index (κ3) is 3.47. The van der Waals surface area contributed by atoms with E-state index in [1.807, 2.05) is 0 Å². The Bertz CT molecular complexity index is 969. The Morgan fingerprint density at radius 3 is 2.70 bits per heavy atom.